The van der Waals surface area contributed by atoms with Crippen LogP contribution in [-0.2, 0) is 5.41 Å². The molecule has 5 rings (SSSR count). The molecule has 0 amide bonds. The summed E-state index contributed by atoms with van der Waals surface area (Å²) < 4.78 is 0. The monoisotopic (exact) mass is 331 g/mol. The maximum atomic E-state index is 6.14. The lowest BCUT2D eigenvalue weighted by molar-refractivity contribution is -0.0891. The van der Waals surface area contributed by atoms with Gasteiger partial charge in [-0.25, -0.2) is 0 Å². The largest absolute Gasteiger partial charge is 0.312 e. The second kappa shape index (κ2) is 5.49. The second-order valence-electron chi connectivity index (χ2n) is 9.15. The molecular weight excluding hydrogens is 302 g/mol. The number of hydrogen-bond donors (Lipinski definition) is 1. The van der Waals surface area contributed by atoms with E-state index in [9.17, 15) is 0 Å². The van der Waals surface area contributed by atoms with Gasteiger partial charge in [-0.15, -0.1) is 0 Å². The third kappa shape index (κ3) is 2.65. The Morgan fingerprint density at radius 2 is 1.61 bits per heavy atom. The summed E-state index contributed by atoms with van der Waals surface area (Å²) in [5.41, 5.74) is 2.48. The van der Waals surface area contributed by atoms with Gasteiger partial charge >= 0.3 is 0 Å². The third-order valence-corrected chi connectivity index (χ3v) is 7.32. The van der Waals surface area contributed by atoms with E-state index in [1.807, 2.05) is 0 Å². The van der Waals surface area contributed by atoms with Gasteiger partial charge in [0.25, 0.3) is 0 Å². The molecule has 0 spiro atoms. The van der Waals surface area contributed by atoms with Crippen molar-refractivity contribution in [3.8, 4) is 0 Å². The van der Waals surface area contributed by atoms with Crippen molar-refractivity contribution in [2.24, 2.45) is 17.3 Å². The molecule has 0 aromatic heterocycles. The van der Waals surface area contributed by atoms with E-state index in [4.69, 9.17) is 11.6 Å². The predicted molar refractivity (Wildman–Crippen MR) is 98.0 cm³/mol. The van der Waals surface area contributed by atoms with Crippen molar-refractivity contribution < 1.29 is 0 Å². The Kier molecular flexibility index (Phi) is 3.81. The molecule has 0 saturated heterocycles. The molecule has 4 aliphatic carbocycles. The summed E-state index contributed by atoms with van der Waals surface area (Å²) in [6.07, 6.45) is 8.54. The Labute approximate surface area is 146 Å². The molecule has 1 N–H and O–H groups in total. The highest BCUT2D eigenvalue weighted by Crippen LogP contribution is 2.66. The highest BCUT2D eigenvalue weighted by atomic mass is 35.5. The molecule has 126 valence electrons. The van der Waals surface area contributed by atoms with Crippen LogP contribution >= 0.6 is 11.6 Å². The van der Waals surface area contributed by atoms with E-state index in [2.05, 4.69) is 50.4 Å². The van der Waals surface area contributed by atoms with Crippen molar-refractivity contribution in [2.75, 3.05) is 0 Å². The Balaban J connectivity index is 1.69. The first kappa shape index (κ1) is 16.0. The van der Waals surface area contributed by atoms with Crippen molar-refractivity contribution in [3.05, 3.63) is 34.9 Å². The first-order chi connectivity index (χ1) is 10.9. The molecule has 1 aromatic rings. The molecule has 4 bridgehead atoms. The molecule has 4 aliphatic rings. The van der Waals surface area contributed by atoms with Gasteiger partial charge in [0.2, 0.25) is 0 Å². The molecule has 4 fully saturated rings. The highest BCUT2D eigenvalue weighted by molar-refractivity contribution is 6.30. The summed E-state index contributed by atoms with van der Waals surface area (Å²) >= 11 is 6.14. The zero-order valence-corrected chi connectivity index (χ0v) is 15.5. The molecule has 0 radical (unpaired) electrons. The van der Waals surface area contributed by atoms with Crippen LogP contribution in [0.15, 0.2) is 24.3 Å². The van der Waals surface area contributed by atoms with E-state index in [0.29, 0.717) is 22.9 Å². The van der Waals surface area contributed by atoms with Crippen molar-refractivity contribution in [1.82, 2.24) is 5.32 Å². The van der Waals surface area contributed by atoms with E-state index >= 15 is 0 Å². The van der Waals surface area contributed by atoms with Gasteiger partial charge < -0.3 is 5.32 Å². The topological polar surface area (TPSA) is 12.0 Å². The van der Waals surface area contributed by atoms with Gasteiger partial charge in [0.05, 0.1) is 0 Å². The Morgan fingerprint density at radius 3 is 2.17 bits per heavy atom. The zero-order chi connectivity index (χ0) is 16.2. The quantitative estimate of drug-likeness (QED) is 0.761. The second-order valence-corrected chi connectivity index (χ2v) is 9.59. The number of benzene rings is 1. The minimum Gasteiger partial charge on any atom is -0.312 e. The molecule has 0 heterocycles. The van der Waals surface area contributed by atoms with Crippen molar-refractivity contribution >= 4 is 11.6 Å². The molecule has 3 unspecified atom stereocenters. The maximum absolute atomic E-state index is 6.14. The van der Waals surface area contributed by atoms with Gasteiger partial charge in [-0.05, 0) is 85.8 Å². The van der Waals surface area contributed by atoms with E-state index in [1.54, 1.807) is 5.56 Å². The predicted octanol–water partition coefficient (Wildman–Crippen LogP) is 5.56. The number of nitrogens with one attached hydrogen (secondary N) is 1. The number of hydrogen-bond acceptors (Lipinski definition) is 1. The van der Waals surface area contributed by atoms with E-state index in [1.165, 1.54) is 38.5 Å². The van der Waals surface area contributed by atoms with Gasteiger partial charge in [-0.3, -0.25) is 0 Å². The molecule has 4 saturated carbocycles. The minimum atomic E-state index is 0.418. The Morgan fingerprint density at radius 1 is 1.00 bits per heavy atom. The summed E-state index contributed by atoms with van der Waals surface area (Å²) in [5.74, 6) is 1.87. The SMILES string of the molecule is CC(C)NC(C)C12CC3CC(CC(c4ccc(Cl)cc4)(C3)C1)C2. The highest BCUT2D eigenvalue weighted by Gasteiger charge is 2.59. The van der Waals surface area contributed by atoms with Gasteiger partial charge in [0, 0.05) is 17.1 Å². The first-order valence-electron chi connectivity index (χ1n) is 9.43. The van der Waals surface area contributed by atoms with Crippen LogP contribution < -0.4 is 5.32 Å². The summed E-state index contributed by atoms with van der Waals surface area (Å²) in [6, 6.07) is 10.0. The fourth-order valence-electron chi connectivity index (χ4n) is 6.66. The van der Waals surface area contributed by atoms with Gasteiger partial charge in [-0.2, -0.15) is 0 Å². The van der Waals surface area contributed by atoms with Crippen LogP contribution in [0, 0.1) is 17.3 Å². The van der Waals surface area contributed by atoms with E-state index in [-0.39, 0.29) is 0 Å². The molecule has 1 nitrogen and oxygen atoms in total. The van der Waals surface area contributed by atoms with E-state index in [0.717, 1.165) is 16.9 Å². The van der Waals surface area contributed by atoms with Crippen molar-refractivity contribution in [1.29, 1.82) is 0 Å². The molecule has 23 heavy (non-hydrogen) atoms. The van der Waals surface area contributed by atoms with Gasteiger partial charge in [0.1, 0.15) is 0 Å². The average Bonchev–Trinajstić information content (AvgIpc) is 2.45. The summed E-state index contributed by atoms with van der Waals surface area (Å²) in [5, 5.41) is 4.72. The molecule has 1 aromatic carbocycles. The molecule has 2 heteroatoms. The summed E-state index contributed by atoms with van der Waals surface area (Å²) in [6.45, 7) is 7.01. The lowest BCUT2D eigenvalue weighted by Crippen LogP contribution is -2.60. The Bertz CT molecular complexity index is 562. The normalized spacial score (nSPS) is 39.9. The smallest absolute Gasteiger partial charge is 0.0406 e. The maximum Gasteiger partial charge on any atom is 0.0406 e. The van der Waals surface area contributed by atoms with Gasteiger partial charge in [0.15, 0.2) is 0 Å². The number of rotatable bonds is 4. The van der Waals surface area contributed by atoms with Crippen LogP contribution in [0.1, 0.15) is 64.9 Å². The summed E-state index contributed by atoms with van der Waals surface area (Å²) in [7, 11) is 0. The average molecular weight is 332 g/mol. The lowest BCUT2D eigenvalue weighted by atomic mass is 9.41. The van der Waals surface area contributed by atoms with Crippen LogP contribution in [-0.4, -0.2) is 12.1 Å². The van der Waals surface area contributed by atoms with Crippen LogP contribution in [0.2, 0.25) is 5.02 Å². The fraction of sp³-hybridized carbons (Fsp3) is 0.714. The van der Waals surface area contributed by atoms with Crippen molar-refractivity contribution in [3.63, 3.8) is 0 Å². The first-order valence-corrected chi connectivity index (χ1v) is 9.81. The Hall–Kier alpha value is -0.530. The summed E-state index contributed by atoms with van der Waals surface area (Å²) in [4.78, 5) is 0. The molecular formula is C21H30ClN. The van der Waals surface area contributed by atoms with E-state index < -0.39 is 0 Å². The van der Waals surface area contributed by atoms with Crippen LogP contribution in [0.4, 0.5) is 0 Å². The number of halogens is 1. The molecule has 0 aliphatic heterocycles. The standard InChI is InChI=1S/C21H30ClN/c1-14(2)23-15(3)20-9-16-8-17(10-20)12-21(11-16,13-20)18-4-6-19(22)7-5-18/h4-7,14-17,23H,8-13H2,1-3H3. The third-order valence-electron chi connectivity index (χ3n) is 7.06. The van der Waals surface area contributed by atoms with Gasteiger partial charge in [-0.1, -0.05) is 37.6 Å². The zero-order valence-electron chi connectivity index (χ0n) is 14.7. The minimum absolute atomic E-state index is 0.418. The fourth-order valence-corrected chi connectivity index (χ4v) is 6.78. The van der Waals surface area contributed by atoms with Crippen LogP contribution in [0.5, 0.6) is 0 Å². The van der Waals surface area contributed by atoms with Crippen LogP contribution in [0.25, 0.3) is 0 Å². The lowest BCUT2D eigenvalue weighted by Gasteiger charge is -2.64. The van der Waals surface area contributed by atoms with Crippen molar-refractivity contribution in [2.45, 2.75) is 76.8 Å². The van der Waals surface area contributed by atoms with Crippen LogP contribution in [0.3, 0.4) is 0 Å². The molecule has 3 atom stereocenters.